The third-order valence-electron chi connectivity index (χ3n) is 2.74. The van der Waals surface area contributed by atoms with Crippen molar-refractivity contribution < 1.29 is 9.18 Å². The van der Waals surface area contributed by atoms with Crippen molar-refractivity contribution in [3.8, 4) is 0 Å². The molecule has 1 unspecified atom stereocenters. The molecule has 0 radical (unpaired) electrons. The Hall–Kier alpha value is -1.22. The van der Waals surface area contributed by atoms with Gasteiger partial charge in [0.15, 0.2) is 5.78 Å². The Morgan fingerprint density at radius 1 is 1.35 bits per heavy atom. The summed E-state index contributed by atoms with van der Waals surface area (Å²) in [5.74, 6) is 0.213. The van der Waals surface area contributed by atoms with Gasteiger partial charge < -0.3 is 5.73 Å². The Morgan fingerprint density at radius 2 is 2.06 bits per heavy atom. The van der Waals surface area contributed by atoms with Gasteiger partial charge in [0.25, 0.3) is 0 Å². The highest BCUT2D eigenvalue weighted by Crippen LogP contribution is 2.09. The topological polar surface area (TPSA) is 43.1 Å². The Bertz CT molecular complexity index is 376. The van der Waals surface area contributed by atoms with Gasteiger partial charge in [-0.15, -0.1) is 0 Å². The largest absolute Gasteiger partial charge is 0.321 e. The van der Waals surface area contributed by atoms with E-state index in [1.807, 2.05) is 0 Å². The number of benzene rings is 1. The number of hydrogen-bond donors (Lipinski definition) is 1. The van der Waals surface area contributed by atoms with E-state index in [9.17, 15) is 9.18 Å². The van der Waals surface area contributed by atoms with Crippen LogP contribution in [0.1, 0.15) is 32.3 Å². The summed E-state index contributed by atoms with van der Waals surface area (Å²) < 4.78 is 12.9. The predicted molar refractivity (Wildman–Crippen MR) is 67.2 cm³/mol. The first-order valence-electron chi connectivity index (χ1n) is 6.01. The first-order valence-corrected chi connectivity index (χ1v) is 6.01. The Kier molecular flexibility index (Phi) is 5.29. The van der Waals surface area contributed by atoms with Crippen LogP contribution in [-0.2, 0) is 11.2 Å². The second-order valence-corrected chi connectivity index (χ2v) is 4.85. The average molecular weight is 237 g/mol. The molecule has 2 N–H and O–H groups in total. The summed E-state index contributed by atoms with van der Waals surface area (Å²) in [5, 5.41) is 0. The summed E-state index contributed by atoms with van der Waals surface area (Å²) in [6.07, 6.45) is 1.86. The molecule has 0 aliphatic carbocycles. The smallest absolute Gasteiger partial charge is 0.153 e. The van der Waals surface area contributed by atoms with Gasteiger partial charge in [-0.2, -0.15) is 0 Å². The van der Waals surface area contributed by atoms with Crippen LogP contribution in [0.3, 0.4) is 0 Å². The third kappa shape index (κ3) is 5.09. The molecule has 0 aliphatic heterocycles. The molecule has 0 saturated heterocycles. The maximum atomic E-state index is 12.9. The minimum Gasteiger partial charge on any atom is -0.321 e. The lowest BCUT2D eigenvalue weighted by Crippen LogP contribution is -2.32. The van der Waals surface area contributed by atoms with Gasteiger partial charge in [-0.05, 0) is 36.5 Å². The van der Waals surface area contributed by atoms with Crippen molar-refractivity contribution in [3.05, 3.63) is 35.6 Å². The summed E-state index contributed by atoms with van der Waals surface area (Å²) in [4.78, 5) is 11.8. The van der Waals surface area contributed by atoms with Gasteiger partial charge in [-0.25, -0.2) is 4.39 Å². The van der Waals surface area contributed by atoms with Crippen LogP contribution in [0.4, 0.5) is 4.39 Å². The molecule has 1 rings (SSSR count). The standard InChI is InChI=1S/C14H20FNO/c1-10(2)6-7-13(16)14(17)9-11-4-3-5-12(15)8-11/h3-5,8,10,13H,6-7,9,16H2,1-2H3. The highest BCUT2D eigenvalue weighted by molar-refractivity contribution is 5.85. The third-order valence-corrected chi connectivity index (χ3v) is 2.74. The lowest BCUT2D eigenvalue weighted by Gasteiger charge is -2.12. The zero-order valence-electron chi connectivity index (χ0n) is 10.4. The molecule has 3 heteroatoms. The number of nitrogens with two attached hydrogens (primary N) is 1. The normalized spacial score (nSPS) is 12.8. The van der Waals surface area contributed by atoms with Gasteiger partial charge in [0.2, 0.25) is 0 Å². The van der Waals surface area contributed by atoms with Gasteiger partial charge in [-0.3, -0.25) is 4.79 Å². The maximum absolute atomic E-state index is 12.9. The zero-order valence-corrected chi connectivity index (χ0v) is 10.4. The van der Waals surface area contributed by atoms with E-state index in [1.54, 1.807) is 12.1 Å². The van der Waals surface area contributed by atoms with Crippen molar-refractivity contribution in [3.63, 3.8) is 0 Å². The molecule has 0 saturated carbocycles. The molecule has 0 fully saturated rings. The van der Waals surface area contributed by atoms with E-state index in [0.717, 1.165) is 6.42 Å². The predicted octanol–water partition coefficient (Wildman–Crippen LogP) is 2.70. The fourth-order valence-electron chi connectivity index (χ4n) is 1.65. The molecule has 1 atom stereocenters. The van der Waals surface area contributed by atoms with Crippen molar-refractivity contribution in [1.82, 2.24) is 0 Å². The highest BCUT2D eigenvalue weighted by Gasteiger charge is 2.14. The fourth-order valence-corrected chi connectivity index (χ4v) is 1.65. The summed E-state index contributed by atoms with van der Waals surface area (Å²) >= 11 is 0. The van der Waals surface area contributed by atoms with Crippen LogP contribution in [0.2, 0.25) is 0 Å². The van der Waals surface area contributed by atoms with Crippen LogP contribution in [0.25, 0.3) is 0 Å². The van der Waals surface area contributed by atoms with E-state index >= 15 is 0 Å². The summed E-state index contributed by atoms with van der Waals surface area (Å²) in [6, 6.07) is 5.67. The number of hydrogen-bond acceptors (Lipinski definition) is 2. The number of rotatable bonds is 6. The number of carbonyl (C=O) groups is 1. The summed E-state index contributed by atoms with van der Waals surface area (Å²) in [7, 11) is 0. The minimum absolute atomic E-state index is 0.0174. The van der Waals surface area contributed by atoms with Crippen LogP contribution in [0.15, 0.2) is 24.3 Å². The maximum Gasteiger partial charge on any atom is 0.153 e. The second-order valence-electron chi connectivity index (χ2n) is 4.85. The van der Waals surface area contributed by atoms with Crippen molar-refractivity contribution >= 4 is 5.78 Å². The molecule has 0 spiro atoms. The minimum atomic E-state index is -0.430. The summed E-state index contributed by atoms with van der Waals surface area (Å²) in [6.45, 7) is 4.20. The second kappa shape index (κ2) is 6.50. The van der Waals surface area contributed by atoms with E-state index in [-0.39, 0.29) is 18.0 Å². The molecule has 0 aromatic heterocycles. The molecular weight excluding hydrogens is 217 g/mol. The average Bonchev–Trinajstić information content (AvgIpc) is 2.25. The van der Waals surface area contributed by atoms with E-state index in [1.165, 1.54) is 12.1 Å². The number of Topliss-reactive ketones (excluding diaryl/α,β-unsaturated/α-hetero) is 1. The van der Waals surface area contributed by atoms with E-state index < -0.39 is 6.04 Å². The monoisotopic (exact) mass is 237 g/mol. The lowest BCUT2D eigenvalue weighted by atomic mass is 9.97. The molecule has 0 amide bonds. The molecule has 1 aromatic rings. The van der Waals surface area contributed by atoms with Gasteiger partial charge in [0.1, 0.15) is 5.82 Å². The van der Waals surface area contributed by atoms with Gasteiger partial charge in [-0.1, -0.05) is 26.0 Å². The van der Waals surface area contributed by atoms with Crippen LogP contribution in [-0.4, -0.2) is 11.8 Å². The molecule has 2 nitrogen and oxygen atoms in total. The van der Waals surface area contributed by atoms with E-state index in [0.29, 0.717) is 17.9 Å². The highest BCUT2D eigenvalue weighted by atomic mass is 19.1. The Labute approximate surface area is 102 Å². The Balaban J connectivity index is 2.48. The van der Waals surface area contributed by atoms with Crippen LogP contribution < -0.4 is 5.73 Å². The quantitative estimate of drug-likeness (QED) is 0.826. The van der Waals surface area contributed by atoms with Crippen LogP contribution >= 0.6 is 0 Å². The summed E-state index contributed by atoms with van der Waals surface area (Å²) in [5.41, 5.74) is 6.50. The number of ketones is 1. The van der Waals surface area contributed by atoms with Gasteiger partial charge in [0, 0.05) is 6.42 Å². The van der Waals surface area contributed by atoms with E-state index in [4.69, 9.17) is 5.73 Å². The number of halogens is 1. The number of carbonyl (C=O) groups excluding carboxylic acids is 1. The Morgan fingerprint density at radius 3 is 2.65 bits per heavy atom. The van der Waals surface area contributed by atoms with Crippen molar-refractivity contribution in [1.29, 1.82) is 0 Å². The molecule has 0 aliphatic rings. The van der Waals surface area contributed by atoms with Crippen LogP contribution in [0.5, 0.6) is 0 Å². The van der Waals surface area contributed by atoms with Gasteiger partial charge >= 0.3 is 0 Å². The molecule has 0 heterocycles. The molecule has 94 valence electrons. The lowest BCUT2D eigenvalue weighted by molar-refractivity contribution is -0.119. The van der Waals surface area contributed by atoms with E-state index in [2.05, 4.69) is 13.8 Å². The van der Waals surface area contributed by atoms with Crippen LogP contribution in [0, 0.1) is 11.7 Å². The van der Waals surface area contributed by atoms with Crippen molar-refractivity contribution in [2.45, 2.75) is 39.2 Å². The molecule has 0 bridgehead atoms. The van der Waals surface area contributed by atoms with Gasteiger partial charge in [0.05, 0.1) is 6.04 Å². The fraction of sp³-hybridized carbons (Fsp3) is 0.500. The SMILES string of the molecule is CC(C)CCC(N)C(=O)Cc1cccc(F)c1. The molecule has 17 heavy (non-hydrogen) atoms. The first kappa shape index (κ1) is 13.8. The van der Waals surface area contributed by atoms with Crippen molar-refractivity contribution in [2.75, 3.05) is 0 Å². The van der Waals surface area contributed by atoms with Crippen molar-refractivity contribution in [2.24, 2.45) is 11.7 Å². The zero-order chi connectivity index (χ0) is 12.8. The molecular formula is C14H20FNO. The molecule has 1 aromatic carbocycles. The first-order chi connectivity index (χ1) is 7.99.